The van der Waals surface area contributed by atoms with Crippen LogP contribution in [0, 0.1) is 18.8 Å². The van der Waals surface area contributed by atoms with Crippen LogP contribution in [-0.4, -0.2) is 43.5 Å². The third-order valence-electron chi connectivity index (χ3n) is 5.07. The minimum Gasteiger partial charge on any atom is -0.463 e. The number of carbonyl (C=O) groups excluding carboxylic acids is 2. The van der Waals surface area contributed by atoms with Gasteiger partial charge in [-0.3, -0.25) is 24.2 Å². The number of aliphatic hydroxyl groups is 1. The molecule has 1 aromatic rings. The van der Waals surface area contributed by atoms with Crippen molar-refractivity contribution in [3.05, 3.63) is 33.4 Å². The van der Waals surface area contributed by atoms with E-state index in [1.165, 1.54) is 4.68 Å². The first-order valence-corrected chi connectivity index (χ1v) is 8.20. The van der Waals surface area contributed by atoms with Crippen LogP contribution >= 0.6 is 0 Å². The number of aryl methyl sites for hydroxylation is 2. The van der Waals surface area contributed by atoms with Gasteiger partial charge in [0.25, 0.3) is 5.56 Å². The lowest BCUT2D eigenvalue weighted by atomic mass is 9.62. The van der Waals surface area contributed by atoms with Crippen LogP contribution in [0.3, 0.4) is 0 Å². The van der Waals surface area contributed by atoms with Crippen LogP contribution in [0.4, 0.5) is 0 Å². The number of nitrogens with zero attached hydrogens (tertiary/aromatic N) is 2. The maximum absolute atomic E-state index is 12.7. The van der Waals surface area contributed by atoms with Gasteiger partial charge in [-0.1, -0.05) is 0 Å². The van der Waals surface area contributed by atoms with E-state index in [9.17, 15) is 19.5 Å². The van der Waals surface area contributed by atoms with Crippen molar-refractivity contribution in [2.75, 3.05) is 6.54 Å². The quantitative estimate of drug-likeness (QED) is 0.632. The van der Waals surface area contributed by atoms with Crippen molar-refractivity contribution in [2.45, 2.75) is 40.2 Å². The zero-order chi connectivity index (χ0) is 17.8. The van der Waals surface area contributed by atoms with E-state index in [4.69, 9.17) is 0 Å². The van der Waals surface area contributed by atoms with Crippen molar-refractivity contribution in [1.29, 1.82) is 0 Å². The number of aliphatic hydroxyl groups excluding tert-OH is 1. The second-order valence-corrected chi connectivity index (χ2v) is 6.41. The predicted molar refractivity (Wildman–Crippen MR) is 87.4 cm³/mol. The van der Waals surface area contributed by atoms with E-state index in [1.54, 1.807) is 24.6 Å². The molecule has 0 bridgehead atoms. The Hall–Kier alpha value is -2.44. The van der Waals surface area contributed by atoms with Crippen LogP contribution in [0.25, 0.3) is 0 Å². The monoisotopic (exact) mass is 332 g/mol. The molecule has 1 aromatic heterocycles. The average Bonchev–Trinajstić information content (AvgIpc) is 2.99. The number of ketones is 2. The summed E-state index contributed by atoms with van der Waals surface area (Å²) in [6.45, 7) is 8.20. The van der Waals surface area contributed by atoms with E-state index in [0.29, 0.717) is 18.8 Å². The van der Waals surface area contributed by atoms with Crippen molar-refractivity contribution >= 4 is 17.5 Å². The summed E-state index contributed by atoms with van der Waals surface area (Å²) in [7, 11) is 0. The topological polar surface area (TPSA) is 95.2 Å². The number of hydrogen-bond acceptors (Lipinski definition) is 3. The molecule has 0 amide bonds. The molecule has 1 fully saturated rings. The highest BCUT2D eigenvalue weighted by Gasteiger charge is 2.59. The van der Waals surface area contributed by atoms with Crippen LogP contribution < -0.4 is 5.56 Å². The van der Waals surface area contributed by atoms with Gasteiger partial charge in [-0.15, -0.1) is 0 Å². The Morgan fingerprint density at radius 3 is 2.25 bits per heavy atom. The fourth-order valence-electron chi connectivity index (χ4n) is 3.78. The lowest BCUT2D eigenvalue weighted by molar-refractivity contribution is -0.459. The highest BCUT2D eigenvalue weighted by Crippen LogP contribution is 2.42. The number of nitrogens with one attached hydrogen (secondary N) is 1. The van der Waals surface area contributed by atoms with E-state index in [0.717, 1.165) is 5.57 Å². The first-order chi connectivity index (χ1) is 11.3. The van der Waals surface area contributed by atoms with Crippen LogP contribution in [0.1, 0.15) is 37.9 Å². The maximum atomic E-state index is 12.7. The summed E-state index contributed by atoms with van der Waals surface area (Å²) >= 11 is 0. The molecule has 0 radical (unpaired) electrons. The molecule has 2 N–H and O–H groups in total. The van der Waals surface area contributed by atoms with E-state index in [-0.39, 0.29) is 28.6 Å². The highest BCUT2D eigenvalue weighted by atomic mass is 16.3. The molecule has 7 nitrogen and oxygen atoms in total. The van der Waals surface area contributed by atoms with Crippen molar-refractivity contribution in [1.82, 2.24) is 9.78 Å². The highest BCUT2D eigenvalue weighted by molar-refractivity contribution is 6.29. The van der Waals surface area contributed by atoms with Gasteiger partial charge in [-0.2, -0.15) is 4.58 Å². The second kappa shape index (κ2) is 5.58. The van der Waals surface area contributed by atoms with Gasteiger partial charge in [0.2, 0.25) is 0 Å². The number of carbonyl (C=O) groups is 2. The molecule has 1 atom stereocenters. The summed E-state index contributed by atoms with van der Waals surface area (Å²) in [5.41, 5.74) is 1.27. The number of aromatic amines is 1. The van der Waals surface area contributed by atoms with Crippen LogP contribution in [0.2, 0.25) is 0 Å². The summed E-state index contributed by atoms with van der Waals surface area (Å²) < 4.78 is 3.03. The molecule has 0 aromatic carbocycles. The smallest absolute Gasteiger partial charge is 0.348 e. The Kier molecular flexibility index (Phi) is 3.81. The molecule has 2 aliphatic rings. The molecule has 0 saturated heterocycles. The Bertz CT molecular complexity index is 840. The van der Waals surface area contributed by atoms with Gasteiger partial charge < -0.3 is 5.11 Å². The zero-order valence-corrected chi connectivity index (χ0v) is 14.3. The molecule has 0 spiro atoms. The first-order valence-electron chi connectivity index (χ1n) is 8.20. The van der Waals surface area contributed by atoms with Crippen LogP contribution in [0.15, 0.2) is 16.6 Å². The van der Waals surface area contributed by atoms with Crippen molar-refractivity contribution in [3.63, 3.8) is 0 Å². The molecule has 24 heavy (non-hydrogen) atoms. The van der Waals surface area contributed by atoms with Gasteiger partial charge in [-0.25, -0.2) is 0 Å². The number of aromatic nitrogens is 2. The van der Waals surface area contributed by atoms with Gasteiger partial charge in [0.05, 0.1) is 11.5 Å². The summed E-state index contributed by atoms with van der Waals surface area (Å²) in [5.74, 6) is -3.05. The van der Waals surface area contributed by atoms with E-state index in [1.807, 2.05) is 13.8 Å². The van der Waals surface area contributed by atoms with Crippen molar-refractivity contribution in [3.8, 4) is 0 Å². The summed E-state index contributed by atoms with van der Waals surface area (Å²) in [6.07, 6.45) is 1.76. The van der Waals surface area contributed by atoms with Crippen molar-refractivity contribution in [2.24, 2.45) is 11.8 Å². The number of H-pyrrole nitrogens is 1. The third kappa shape index (κ3) is 2.03. The number of Topliss-reactive ketones (excluding diaryl/α,β-unsaturated/α-hetero) is 2. The molecule has 3 rings (SSSR count). The van der Waals surface area contributed by atoms with Gasteiger partial charge in [0, 0.05) is 17.8 Å². The fraction of sp³-hybridized carbons (Fsp3) is 0.529. The van der Waals surface area contributed by atoms with E-state index >= 15 is 0 Å². The summed E-state index contributed by atoms with van der Waals surface area (Å²) in [6, 6.07) is 0. The molecule has 2 heterocycles. The van der Waals surface area contributed by atoms with Crippen LogP contribution in [0.5, 0.6) is 0 Å². The van der Waals surface area contributed by atoms with Crippen molar-refractivity contribution < 1.29 is 19.3 Å². The minimum atomic E-state index is -1.01. The standard InChI is InChI=1S/C17H21N3O4/c1-5-19-7-8(3)10(16(19)23)12-14(21)13(15(12)22)11-9(4)18-20(6-2)17(11)24/h7,10,12-13H,5-6H2,1-4H3,(H,18,24)/p+1. The molecule has 1 saturated carbocycles. The molecule has 1 unspecified atom stereocenters. The first kappa shape index (κ1) is 16.4. The zero-order valence-electron chi connectivity index (χ0n) is 14.3. The Morgan fingerprint density at radius 1 is 1.17 bits per heavy atom. The minimum absolute atomic E-state index is 0.0388. The van der Waals surface area contributed by atoms with Gasteiger partial charge in [0.15, 0.2) is 17.8 Å². The fourth-order valence-corrected chi connectivity index (χ4v) is 3.78. The lowest BCUT2D eigenvalue weighted by Crippen LogP contribution is -2.53. The van der Waals surface area contributed by atoms with E-state index in [2.05, 4.69) is 5.10 Å². The second-order valence-electron chi connectivity index (χ2n) is 6.41. The largest absolute Gasteiger partial charge is 0.463 e. The molecule has 7 heteroatoms. The van der Waals surface area contributed by atoms with Crippen LogP contribution in [-0.2, 0) is 16.1 Å². The normalized spacial score (nSPS) is 26.8. The van der Waals surface area contributed by atoms with Gasteiger partial charge in [-0.05, 0) is 27.7 Å². The molecular weight excluding hydrogens is 310 g/mol. The lowest BCUT2D eigenvalue weighted by Gasteiger charge is -2.33. The maximum Gasteiger partial charge on any atom is 0.348 e. The molecular formula is C17H22N3O4+. The Morgan fingerprint density at radius 2 is 1.79 bits per heavy atom. The third-order valence-corrected chi connectivity index (χ3v) is 5.07. The average molecular weight is 332 g/mol. The van der Waals surface area contributed by atoms with Gasteiger partial charge in [0.1, 0.15) is 18.4 Å². The SMILES string of the molecule is CCn1[nH]c(C)c(C2C(=O)C(C3C(C)=C[N+](CC)=C3O)C2=O)c1=O. The summed E-state index contributed by atoms with van der Waals surface area (Å²) in [5, 5.41) is 13.2. The summed E-state index contributed by atoms with van der Waals surface area (Å²) in [4.78, 5) is 37.7. The predicted octanol–water partition coefficient (Wildman–Crippen LogP) is 0.879. The molecule has 1 aliphatic heterocycles. The van der Waals surface area contributed by atoms with Gasteiger partial charge >= 0.3 is 5.90 Å². The Balaban J connectivity index is 1.95. The molecule has 1 aliphatic carbocycles. The van der Waals surface area contributed by atoms with E-state index < -0.39 is 17.8 Å². The Labute approximate surface area is 139 Å². The number of hydrogen-bond donors (Lipinski definition) is 2. The number of rotatable bonds is 4. The molecule has 128 valence electrons.